The molecule has 122 valence electrons. The Morgan fingerprint density at radius 1 is 1.09 bits per heavy atom. The summed E-state index contributed by atoms with van der Waals surface area (Å²) in [4.78, 5) is 2.31. The van der Waals surface area contributed by atoms with Crippen LogP contribution < -0.4 is 10.2 Å². The molecule has 1 unspecified atom stereocenters. The minimum atomic E-state index is -4.27. The first-order valence-corrected chi connectivity index (χ1v) is 7.98. The minimum Gasteiger partial charge on any atom is -0.365 e. The van der Waals surface area contributed by atoms with Gasteiger partial charge in [0.2, 0.25) is 0 Å². The van der Waals surface area contributed by atoms with Crippen LogP contribution in [0.1, 0.15) is 45.1 Å². The highest BCUT2D eigenvalue weighted by atomic mass is 19.4. The third-order valence-corrected chi connectivity index (χ3v) is 4.80. The third-order valence-electron chi connectivity index (χ3n) is 4.80. The van der Waals surface area contributed by atoms with Crippen LogP contribution in [0.5, 0.6) is 0 Å². The molecule has 1 aromatic carbocycles. The molecule has 5 heteroatoms. The molecule has 2 atom stereocenters. The highest BCUT2D eigenvalue weighted by Crippen LogP contribution is 2.35. The second kappa shape index (κ2) is 5.44. The summed E-state index contributed by atoms with van der Waals surface area (Å²) < 4.78 is 38.2. The van der Waals surface area contributed by atoms with Crippen molar-refractivity contribution < 1.29 is 13.2 Å². The molecule has 2 aliphatic rings. The Morgan fingerprint density at radius 2 is 1.73 bits per heavy atom. The first-order valence-electron chi connectivity index (χ1n) is 7.98. The number of piperazine rings is 1. The van der Waals surface area contributed by atoms with E-state index in [4.69, 9.17) is 0 Å². The number of hydrogen-bond acceptors (Lipinski definition) is 2. The lowest BCUT2D eigenvalue weighted by Gasteiger charge is -2.52. The van der Waals surface area contributed by atoms with Gasteiger partial charge in [0.25, 0.3) is 0 Å². The molecule has 2 fully saturated rings. The van der Waals surface area contributed by atoms with Gasteiger partial charge in [0.05, 0.1) is 5.56 Å². The van der Waals surface area contributed by atoms with Crippen LogP contribution in [0.25, 0.3) is 0 Å². The van der Waals surface area contributed by atoms with Crippen molar-refractivity contribution in [2.45, 2.75) is 63.3 Å². The predicted octanol–water partition coefficient (Wildman–Crippen LogP) is 4.20. The highest BCUT2D eigenvalue weighted by Gasteiger charge is 2.40. The molecule has 0 spiro atoms. The number of halogens is 3. The molecule has 22 heavy (non-hydrogen) atoms. The summed E-state index contributed by atoms with van der Waals surface area (Å²) in [7, 11) is 0. The van der Waals surface area contributed by atoms with Crippen LogP contribution in [0.15, 0.2) is 24.3 Å². The van der Waals surface area contributed by atoms with Gasteiger partial charge in [-0.25, -0.2) is 0 Å². The van der Waals surface area contributed by atoms with Gasteiger partial charge >= 0.3 is 6.18 Å². The average Bonchev–Trinajstić information content (AvgIpc) is 2.44. The van der Waals surface area contributed by atoms with E-state index in [9.17, 15) is 13.2 Å². The van der Waals surface area contributed by atoms with Crippen molar-refractivity contribution in [3.8, 4) is 0 Å². The van der Waals surface area contributed by atoms with Crippen molar-refractivity contribution in [1.82, 2.24) is 5.32 Å². The van der Waals surface area contributed by atoms with Gasteiger partial charge in [-0.15, -0.1) is 0 Å². The second-order valence-electron chi connectivity index (χ2n) is 7.16. The zero-order chi connectivity index (χ0) is 16.0. The first-order chi connectivity index (χ1) is 10.3. The number of rotatable bonds is 1. The standard InChI is InChI=1S/C17H23F3N2/c1-16(2)11-22(15-6-4-3-5-14(15)21-16)13-9-7-12(8-10-13)17(18,19)20/h7-10,14-15,21H,3-6,11H2,1-2H3/t14-,15?/m1/s1. The van der Waals surface area contributed by atoms with Gasteiger partial charge in [0.15, 0.2) is 0 Å². The van der Waals surface area contributed by atoms with Gasteiger partial charge in [0, 0.05) is 29.9 Å². The van der Waals surface area contributed by atoms with Crippen LogP contribution in [0, 0.1) is 0 Å². The molecule has 1 heterocycles. The SMILES string of the molecule is CC1(C)CN(c2ccc(C(F)(F)F)cc2)C2CCCC[C@H]2N1. The molecule has 1 aromatic rings. The predicted molar refractivity (Wildman–Crippen MR) is 82.0 cm³/mol. The zero-order valence-corrected chi connectivity index (χ0v) is 13.1. The normalized spacial score (nSPS) is 28.3. The number of nitrogens with zero attached hydrogens (tertiary/aromatic N) is 1. The Morgan fingerprint density at radius 3 is 2.36 bits per heavy atom. The van der Waals surface area contributed by atoms with Crippen molar-refractivity contribution in [2.75, 3.05) is 11.4 Å². The summed E-state index contributed by atoms with van der Waals surface area (Å²) in [5.74, 6) is 0. The topological polar surface area (TPSA) is 15.3 Å². The first kappa shape index (κ1) is 15.7. The molecule has 0 radical (unpaired) electrons. The molecule has 1 aliphatic heterocycles. The Hall–Kier alpha value is -1.23. The molecule has 0 amide bonds. The molecule has 0 aromatic heterocycles. The van der Waals surface area contributed by atoms with Gasteiger partial charge < -0.3 is 10.2 Å². The summed E-state index contributed by atoms with van der Waals surface area (Å²) in [6.45, 7) is 5.14. The fourth-order valence-electron chi connectivity index (χ4n) is 3.87. The van der Waals surface area contributed by atoms with E-state index < -0.39 is 11.7 Å². The van der Waals surface area contributed by atoms with Crippen LogP contribution >= 0.6 is 0 Å². The quantitative estimate of drug-likeness (QED) is 0.836. The van der Waals surface area contributed by atoms with Crippen LogP contribution in [-0.4, -0.2) is 24.2 Å². The number of benzene rings is 1. The van der Waals surface area contributed by atoms with Crippen molar-refractivity contribution in [1.29, 1.82) is 0 Å². The number of hydrogen-bond donors (Lipinski definition) is 1. The molecule has 1 saturated heterocycles. The van der Waals surface area contributed by atoms with E-state index in [0.717, 1.165) is 25.1 Å². The summed E-state index contributed by atoms with van der Waals surface area (Å²) >= 11 is 0. The van der Waals surface area contributed by atoms with Gasteiger partial charge in [-0.2, -0.15) is 13.2 Å². The molecule has 2 nitrogen and oxygen atoms in total. The number of anilines is 1. The lowest BCUT2D eigenvalue weighted by Crippen LogP contribution is -2.67. The third kappa shape index (κ3) is 3.09. The van der Waals surface area contributed by atoms with E-state index in [-0.39, 0.29) is 5.54 Å². The molecule has 1 N–H and O–H groups in total. The maximum atomic E-state index is 12.7. The Balaban J connectivity index is 1.87. The van der Waals surface area contributed by atoms with Crippen LogP contribution in [0.2, 0.25) is 0 Å². The molecule has 3 rings (SSSR count). The Bertz CT molecular complexity index is 522. The van der Waals surface area contributed by atoms with Crippen molar-refractivity contribution >= 4 is 5.69 Å². The van der Waals surface area contributed by atoms with Gasteiger partial charge in [-0.1, -0.05) is 12.8 Å². The fourth-order valence-corrected chi connectivity index (χ4v) is 3.87. The van der Waals surface area contributed by atoms with E-state index in [0.29, 0.717) is 12.1 Å². The maximum absolute atomic E-state index is 12.7. The lowest BCUT2D eigenvalue weighted by atomic mass is 9.83. The maximum Gasteiger partial charge on any atom is 0.416 e. The van der Waals surface area contributed by atoms with Gasteiger partial charge in [-0.05, 0) is 51.0 Å². The summed E-state index contributed by atoms with van der Waals surface area (Å²) in [5.41, 5.74) is 0.298. The van der Waals surface area contributed by atoms with Crippen LogP contribution in [-0.2, 0) is 6.18 Å². The zero-order valence-electron chi connectivity index (χ0n) is 13.1. The summed E-state index contributed by atoms with van der Waals surface area (Å²) in [5, 5.41) is 3.71. The molecule has 1 saturated carbocycles. The average molecular weight is 312 g/mol. The van der Waals surface area contributed by atoms with E-state index in [1.54, 1.807) is 12.1 Å². The Kier molecular flexibility index (Phi) is 3.87. The number of nitrogens with one attached hydrogen (secondary N) is 1. The van der Waals surface area contributed by atoms with Gasteiger partial charge in [0.1, 0.15) is 0 Å². The lowest BCUT2D eigenvalue weighted by molar-refractivity contribution is -0.137. The minimum absolute atomic E-state index is 0.0266. The van der Waals surface area contributed by atoms with Gasteiger partial charge in [-0.3, -0.25) is 0 Å². The van der Waals surface area contributed by atoms with E-state index in [2.05, 4.69) is 24.1 Å². The van der Waals surface area contributed by atoms with E-state index in [1.807, 2.05) is 0 Å². The Labute approximate surface area is 129 Å². The van der Waals surface area contributed by atoms with Crippen molar-refractivity contribution in [3.63, 3.8) is 0 Å². The monoisotopic (exact) mass is 312 g/mol. The number of alkyl halides is 3. The number of fused-ring (bicyclic) bond motifs is 1. The molecular weight excluding hydrogens is 289 g/mol. The van der Waals surface area contributed by atoms with Crippen LogP contribution in [0.3, 0.4) is 0 Å². The highest BCUT2D eigenvalue weighted by molar-refractivity contribution is 5.51. The smallest absolute Gasteiger partial charge is 0.365 e. The van der Waals surface area contributed by atoms with Crippen LogP contribution in [0.4, 0.5) is 18.9 Å². The van der Waals surface area contributed by atoms with Crippen molar-refractivity contribution in [3.05, 3.63) is 29.8 Å². The van der Waals surface area contributed by atoms with E-state index in [1.165, 1.54) is 25.0 Å². The van der Waals surface area contributed by atoms with Crippen molar-refractivity contribution in [2.24, 2.45) is 0 Å². The molecule has 0 bridgehead atoms. The van der Waals surface area contributed by atoms with E-state index >= 15 is 0 Å². The molecule has 1 aliphatic carbocycles. The summed E-state index contributed by atoms with van der Waals surface area (Å²) in [6.07, 6.45) is 0.403. The second-order valence-corrected chi connectivity index (χ2v) is 7.16. The molecular formula is C17H23F3N2. The largest absolute Gasteiger partial charge is 0.416 e. The summed E-state index contributed by atoms with van der Waals surface area (Å²) in [6, 6.07) is 6.45. The fraction of sp³-hybridized carbons (Fsp3) is 0.647.